The average molecular weight is 325 g/mol. The quantitative estimate of drug-likeness (QED) is 0.745. The molecule has 2 aliphatic rings. The molecule has 0 spiro atoms. The lowest BCUT2D eigenvalue weighted by atomic mass is 9.80. The monoisotopic (exact) mass is 324 g/mol. The zero-order valence-electron chi connectivity index (χ0n) is 15.7. The van der Waals surface area contributed by atoms with E-state index in [0.29, 0.717) is 12.1 Å². The molecular weight excluding hydrogens is 288 g/mol. The van der Waals surface area contributed by atoms with Crippen LogP contribution in [0.3, 0.4) is 0 Å². The van der Waals surface area contributed by atoms with Gasteiger partial charge in [-0.15, -0.1) is 0 Å². The van der Waals surface area contributed by atoms with Crippen LogP contribution < -0.4 is 5.32 Å². The van der Waals surface area contributed by atoms with Gasteiger partial charge in [0.15, 0.2) is 0 Å². The van der Waals surface area contributed by atoms with E-state index in [1.165, 1.54) is 19.3 Å². The first-order chi connectivity index (χ1) is 10.7. The zero-order chi connectivity index (χ0) is 17.0. The van der Waals surface area contributed by atoms with Crippen molar-refractivity contribution < 1.29 is 9.53 Å². The molecule has 2 rings (SSSR count). The molecule has 2 saturated carbocycles. The number of amides is 1. The summed E-state index contributed by atoms with van der Waals surface area (Å²) < 4.78 is 5.54. The second-order valence-electron chi connectivity index (χ2n) is 8.83. The van der Waals surface area contributed by atoms with Crippen LogP contribution in [0.2, 0.25) is 0 Å². The first-order valence-corrected chi connectivity index (χ1v) is 9.47. The largest absolute Gasteiger partial charge is 0.444 e. The van der Waals surface area contributed by atoms with Gasteiger partial charge in [0.2, 0.25) is 0 Å². The summed E-state index contributed by atoms with van der Waals surface area (Å²) in [6, 6.07) is 1.07. The first-order valence-electron chi connectivity index (χ1n) is 9.47. The molecular formula is C19H36N2O2. The Morgan fingerprint density at radius 1 is 1.13 bits per heavy atom. The van der Waals surface area contributed by atoms with E-state index in [2.05, 4.69) is 19.2 Å². The molecule has 2 atom stereocenters. The molecule has 0 bridgehead atoms. The molecule has 4 heteroatoms. The maximum atomic E-state index is 12.3. The number of nitrogens with zero attached hydrogens (tertiary/aromatic N) is 1. The van der Waals surface area contributed by atoms with Crippen molar-refractivity contribution in [3.63, 3.8) is 0 Å². The lowest BCUT2D eigenvalue weighted by molar-refractivity contribution is 0.0231. The van der Waals surface area contributed by atoms with Crippen molar-refractivity contribution in [3.8, 4) is 0 Å². The minimum atomic E-state index is -0.406. The minimum absolute atomic E-state index is 0.139. The summed E-state index contributed by atoms with van der Waals surface area (Å²) in [6.07, 6.45) is 7.08. The van der Waals surface area contributed by atoms with Gasteiger partial charge in [0, 0.05) is 18.6 Å². The summed E-state index contributed by atoms with van der Waals surface area (Å²) in [5.41, 5.74) is -0.406. The lowest BCUT2D eigenvalue weighted by Gasteiger charge is -2.32. The standard InChI is InChI=1S/C19H36N2O2/c1-14-11-15(2)13-16(12-14)20-9-6-10-21(17-7-8-17)18(22)23-19(3,4)5/h14-17,20H,6-13H2,1-5H3. The van der Waals surface area contributed by atoms with Crippen LogP contribution in [0.5, 0.6) is 0 Å². The molecule has 23 heavy (non-hydrogen) atoms. The van der Waals surface area contributed by atoms with Crippen molar-refractivity contribution in [2.45, 2.75) is 90.8 Å². The van der Waals surface area contributed by atoms with Crippen LogP contribution in [-0.2, 0) is 4.74 Å². The molecule has 0 saturated heterocycles. The van der Waals surface area contributed by atoms with Gasteiger partial charge in [-0.1, -0.05) is 13.8 Å². The molecule has 1 amide bonds. The van der Waals surface area contributed by atoms with E-state index >= 15 is 0 Å². The predicted molar refractivity (Wildman–Crippen MR) is 94.5 cm³/mol. The third-order valence-electron chi connectivity index (χ3n) is 4.80. The number of carbonyl (C=O) groups excluding carboxylic acids is 1. The van der Waals surface area contributed by atoms with Crippen LogP contribution >= 0.6 is 0 Å². The molecule has 0 aromatic rings. The Balaban J connectivity index is 1.69. The number of rotatable bonds is 6. The molecule has 0 radical (unpaired) electrons. The zero-order valence-corrected chi connectivity index (χ0v) is 15.7. The lowest BCUT2D eigenvalue weighted by Crippen LogP contribution is -2.41. The van der Waals surface area contributed by atoms with Crippen molar-refractivity contribution in [2.24, 2.45) is 11.8 Å². The van der Waals surface area contributed by atoms with Crippen molar-refractivity contribution in [1.29, 1.82) is 0 Å². The molecule has 2 unspecified atom stereocenters. The maximum absolute atomic E-state index is 12.3. The topological polar surface area (TPSA) is 41.6 Å². The predicted octanol–water partition coefficient (Wildman–Crippen LogP) is 4.19. The summed E-state index contributed by atoms with van der Waals surface area (Å²) in [6.45, 7) is 12.3. The van der Waals surface area contributed by atoms with Gasteiger partial charge in [0.1, 0.15) is 5.60 Å². The second-order valence-corrected chi connectivity index (χ2v) is 8.83. The summed E-state index contributed by atoms with van der Waals surface area (Å²) in [5, 5.41) is 3.71. The van der Waals surface area contributed by atoms with E-state index in [1.807, 2.05) is 25.7 Å². The number of nitrogens with one attached hydrogen (secondary N) is 1. The Bertz CT molecular complexity index is 377. The number of ether oxygens (including phenoxy) is 1. The van der Waals surface area contributed by atoms with Gasteiger partial charge >= 0.3 is 6.09 Å². The molecule has 1 N–H and O–H groups in total. The van der Waals surface area contributed by atoms with Crippen LogP contribution in [-0.4, -0.2) is 41.8 Å². The minimum Gasteiger partial charge on any atom is -0.444 e. The summed E-state index contributed by atoms with van der Waals surface area (Å²) in [4.78, 5) is 14.2. The van der Waals surface area contributed by atoms with Crippen molar-refractivity contribution in [2.75, 3.05) is 13.1 Å². The molecule has 0 aliphatic heterocycles. The number of hydrogen-bond donors (Lipinski definition) is 1. The van der Waals surface area contributed by atoms with Crippen LogP contribution in [0.15, 0.2) is 0 Å². The van der Waals surface area contributed by atoms with Gasteiger partial charge in [0.25, 0.3) is 0 Å². The Hall–Kier alpha value is -0.770. The first kappa shape index (κ1) is 18.6. The Morgan fingerprint density at radius 3 is 2.26 bits per heavy atom. The van der Waals surface area contributed by atoms with Crippen molar-refractivity contribution in [3.05, 3.63) is 0 Å². The maximum Gasteiger partial charge on any atom is 0.410 e. The Labute approximate surface area is 142 Å². The highest BCUT2D eigenvalue weighted by Gasteiger charge is 2.34. The van der Waals surface area contributed by atoms with Crippen LogP contribution in [0, 0.1) is 11.8 Å². The van der Waals surface area contributed by atoms with Gasteiger partial charge in [-0.05, 0) is 77.7 Å². The molecule has 2 fully saturated rings. The van der Waals surface area contributed by atoms with Gasteiger partial charge in [-0.25, -0.2) is 4.79 Å². The van der Waals surface area contributed by atoms with E-state index in [-0.39, 0.29) is 6.09 Å². The molecule has 0 heterocycles. The third-order valence-corrected chi connectivity index (χ3v) is 4.80. The smallest absolute Gasteiger partial charge is 0.410 e. The number of hydrogen-bond acceptors (Lipinski definition) is 3. The van der Waals surface area contributed by atoms with Crippen LogP contribution in [0.4, 0.5) is 4.79 Å². The van der Waals surface area contributed by atoms with Gasteiger partial charge < -0.3 is 15.0 Å². The fourth-order valence-electron chi connectivity index (χ4n) is 3.80. The summed E-state index contributed by atoms with van der Waals surface area (Å²) >= 11 is 0. The fraction of sp³-hybridized carbons (Fsp3) is 0.947. The molecule has 0 aromatic carbocycles. The third kappa shape index (κ3) is 6.70. The highest BCUT2D eigenvalue weighted by atomic mass is 16.6. The Kier molecular flexibility index (Phi) is 6.35. The highest BCUT2D eigenvalue weighted by molar-refractivity contribution is 5.69. The number of carbonyl (C=O) groups is 1. The summed E-state index contributed by atoms with van der Waals surface area (Å²) in [7, 11) is 0. The summed E-state index contributed by atoms with van der Waals surface area (Å²) in [5.74, 6) is 1.67. The molecule has 4 nitrogen and oxygen atoms in total. The van der Waals surface area contributed by atoms with Gasteiger partial charge in [-0.2, -0.15) is 0 Å². The molecule has 0 aromatic heterocycles. The fourth-order valence-corrected chi connectivity index (χ4v) is 3.80. The average Bonchev–Trinajstić information content (AvgIpc) is 3.19. The normalized spacial score (nSPS) is 28.5. The van der Waals surface area contributed by atoms with E-state index < -0.39 is 5.60 Å². The van der Waals surface area contributed by atoms with Gasteiger partial charge in [-0.3, -0.25) is 0 Å². The van der Waals surface area contributed by atoms with E-state index in [0.717, 1.165) is 44.2 Å². The van der Waals surface area contributed by atoms with Crippen molar-refractivity contribution >= 4 is 6.09 Å². The molecule has 134 valence electrons. The highest BCUT2D eigenvalue weighted by Crippen LogP contribution is 2.29. The second kappa shape index (κ2) is 7.87. The van der Waals surface area contributed by atoms with Crippen LogP contribution in [0.25, 0.3) is 0 Å². The van der Waals surface area contributed by atoms with Crippen LogP contribution in [0.1, 0.15) is 73.1 Å². The van der Waals surface area contributed by atoms with E-state index in [9.17, 15) is 4.79 Å². The van der Waals surface area contributed by atoms with E-state index in [1.54, 1.807) is 0 Å². The van der Waals surface area contributed by atoms with Gasteiger partial charge in [0.05, 0.1) is 0 Å². The Morgan fingerprint density at radius 2 is 1.74 bits per heavy atom. The van der Waals surface area contributed by atoms with E-state index in [4.69, 9.17) is 4.74 Å². The SMILES string of the molecule is CC1CC(C)CC(NCCCN(C(=O)OC(C)(C)C)C2CC2)C1. The van der Waals surface area contributed by atoms with Crippen molar-refractivity contribution in [1.82, 2.24) is 10.2 Å². The molecule has 2 aliphatic carbocycles.